The average Bonchev–Trinajstić information content (AvgIpc) is 2.83. The molecule has 0 bridgehead atoms. The van der Waals surface area contributed by atoms with E-state index in [0.717, 1.165) is 5.56 Å². The van der Waals surface area contributed by atoms with Crippen LogP contribution in [0.3, 0.4) is 0 Å². The molecule has 1 aliphatic heterocycles. The van der Waals surface area contributed by atoms with E-state index in [1.54, 1.807) is 43.3 Å². The number of hydrogen-bond donors (Lipinski definition) is 3. The fourth-order valence-electron chi connectivity index (χ4n) is 3.51. The molecule has 2 aromatic rings. The molecule has 0 fully saturated rings. The standard InChI is InChI=1S/C25H26ClN3O6/c1-3-34-24(32)21-19(28-25(33)29-22(21)16-8-10-17(26)11-9-16)14-35-20(30)12-13-27-23(31)18-7-5-4-6-15(18)2/h4-11,22H,3,12-14H2,1-2H3,(H,27,31)(H2,28,29,33). The Hall–Kier alpha value is -3.85. The summed E-state index contributed by atoms with van der Waals surface area (Å²) in [4.78, 5) is 49.6. The van der Waals surface area contributed by atoms with Crippen LogP contribution in [0.25, 0.3) is 0 Å². The SMILES string of the molecule is CCOC(=O)C1=C(COC(=O)CCNC(=O)c2ccccc2C)NC(=O)NC1c1ccc(Cl)cc1. The van der Waals surface area contributed by atoms with Gasteiger partial charge in [0.05, 0.1) is 30.3 Å². The van der Waals surface area contributed by atoms with Crippen LogP contribution < -0.4 is 16.0 Å². The molecule has 35 heavy (non-hydrogen) atoms. The molecule has 3 amide bonds. The maximum atomic E-state index is 12.7. The van der Waals surface area contributed by atoms with Gasteiger partial charge in [-0.15, -0.1) is 0 Å². The van der Waals surface area contributed by atoms with Gasteiger partial charge in [0.15, 0.2) is 0 Å². The van der Waals surface area contributed by atoms with Gasteiger partial charge in [-0.25, -0.2) is 9.59 Å². The van der Waals surface area contributed by atoms with E-state index in [4.69, 9.17) is 21.1 Å². The first kappa shape index (κ1) is 25.8. The van der Waals surface area contributed by atoms with Gasteiger partial charge in [-0.05, 0) is 43.2 Å². The minimum Gasteiger partial charge on any atom is -0.463 e. The molecule has 10 heteroatoms. The zero-order valence-corrected chi connectivity index (χ0v) is 20.1. The number of amides is 3. The minimum absolute atomic E-state index is 0.0666. The third-order valence-electron chi connectivity index (χ3n) is 5.23. The van der Waals surface area contributed by atoms with Gasteiger partial charge < -0.3 is 25.4 Å². The van der Waals surface area contributed by atoms with E-state index in [1.165, 1.54) is 0 Å². The summed E-state index contributed by atoms with van der Waals surface area (Å²) in [5.74, 6) is -1.56. The summed E-state index contributed by atoms with van der Waals surface area (Å²) < 4.78 is 10.5. The largest absolute Gasteiger partial charge is 0.463 e. The van der Waals surface area contributed by atoms with Crippen molar-refractivity contribution in [2.24, 2.45) is 0 Å². The third kappa shape index (κ3) is 6.83. The highest BCUT2D eigenvalue weighted by atomic mass is 35.5. The topological polar surface area (TPSA) is 123 Å². The fraction of sp³-hybridized carbons (Fsp3) is 0.280. The van der Waals surface area contributed by atoms with Gasteiger partial charge in [0, 0.05) is 17.1 Å². The number of ether oxygens (including phenoxy) is 2. The first-order valence-corrected chi connectivity index (χ1v) is 11.4. The van der Waals surface area contributed by atoms with Crippen molar-refractivity contribution in [3.63, 3.8) is 0 Å². The second-order valence-corrected chi connectivity index (χ2v) is 8.11. The molecule has 0 saturated carbocycles. The summed E-state index contributed by atoms with van der Waals surface area (Å²) in [6.07, 6.45) is -0.0908. The Morgan fingerprint density at radius 1 is 1.06 bits per heavy atom. The first-order chi connectivity index (χ1) is 16.8. The van der Waals surface area contributed by atoms with Crippen LogP contribution in [-0.4, -0.2) is 43.6 Å². The number of benzene rings is 2. The summed E-state index contributed by atoms with van der Waals surface area (Å²) in [5, 5.41) is 8.39. The van der Waals surface area contributed by atoms with Crippen LogP contribution in [-0.2, 0) is 19.1 Å². The molecule has 9 nitrogen and oxygen atoms in total. The van der Waals surface area contributed by atoms with E-state index in [2.05, 4.69) is 16.0 Å². The van der Waals surface area contributed by atoms with Crippen molar-refractivity contribution in [2.75, 3.05) is 19.8 Å². The Labute approximate surface area is 207 Å². The smallest absolute Gasteiger partial charge is 0.338 e. The molecule has 184 valence electrons. The molecule has 1 heterocycles. The summed E-state index contributed by atoms with van der Waals surface area (Å²) in [6.45, 7) is 3.32. The Kier molecular flexibility index (Phi) is 8.86. The minimum atomic E-state index is -0.817. The molecule has 2 aromatic carbocycles. The maximum Gasteiger partial charge on any atom is 0.338 e. The first-order valence-electron chi connectivity index (χ1n) is 11.0. The number of carbonyl (C=O) groups is 4. The Balaban J connectivity index is 1.67. The fourth-order valence-corrected chi connectivity index (χ4v) is 3.64. The molecule has 1 aliphatic rings. The number of carbonyl (C=O) groups excluding carboxylic acids is 4. The molecule has 0 radical (unpaired) electrons. The van der Waals surface area contributed by atoms with Gasteiger partial charge in [-0.2, -0.15) is 0 Å². The van der Waals surface area contributed by atoms with E-state index in [-0.39, 0.29) is 43.4 Å². The molecular formula is C25H26ClN3O6. The van der Waals surface area contributed by atoms with E-state index in [9.17, 15) is 19.2 Å². The maximum absolute atomic E-state index is 12.7. The summed E-state index contributed by atoms with van der Waals surface area (Å²) >= 11 is 5.96. The lowest BCUT2D eigenvalue weighted by Crippen LogP contribution is -2.47. The van der Waals surface area contributed by atoms with Gasteiger partial charge in [0.2, 0.25) is 0 Å². The van der Waals surface area contributed by atoms with E-state index in [1.807, 2.05) is 19.1 Å². The zero-order valence-electron chi connectivity index (χ0n) is 19.4. The highest BCUT2D eigenvalue weighted by Gasteiger charge is 2.34. The Morgan fingerprint density at radius 3 is 2.46 bits per heavy atom. The Bertz CT molecular complexity index is 1150. The molecule has 1 atom stereocenters. The normalized spacial score (nSPS) is 15.1. The molecule has 0 saturated heterocycles. The summed E-state index contributed by atoms with van der Waals surface area (Å²) in [5.41, 5.74) is 2.19. The van der Waals surface area contributed by atoms with E-state index in [0.29, 0.717) is 16.1 Å². The quantitative estimate of drug-likeness (QED) is 0.455. The van der Waals surface area contributed by atoms with Crippen LogP contribution in [0.4, 0.5) is 4.79 Å². The number of rotatable bonds is 9. The molecule has 0 spiro atoms. The lowest BCUT2D eigenvalue weighted by Gasteiger charge is -2.29. The van der Waals surface area contributed by atoms with Crippen molar-refractivity contribution in [2.45, 2.75) is 26.3 Å². The van der Waals surface area contributed by atoms with Gasteiger partial charge in [0.1, 0.15) is 6.61 Å². The van der Waals surface area contributed by atoms with Crippen LogP contribution in [0.15, 0.2) is 59.8 Å². The van der Waals surface area contributed by atoms with Crippen LogP contribution in [0.2, 0.25) is 5.02 Å². The van der Waals surface area contributed by atoms with Gasteiger partial charge >= 0.3 is 18.0 Å². The van der Waals surface area contributed by atoms with E-state index >= 15 is 0 Å². The lowest BCUT2D eigenvalue weighted by atomic mass is 9.95. The highest BCUT2D eigenvalue weighted by Crippen LogP contribution is 2.28. The molecule has 3 rings (SSSR count). The van der Waals surface area contributed by atoms with Crippen LogP contribution in [0.1, 0.15) is 40.9 Å². The molecule has 1 unspecified atom stereocenters. The van der Waals surface area contributed by atoms with Crippen molar-refractivity contribution in [3.05, 3.63) is 81.5 Å². The van der Waals surface area contributed by atoms with Crippen LogP contribution >= 0.6 is 11.6 Å². The van der Waals surface area contributed by atoms with Gasteiger partial charge in [-0.1, -0.05) is 41.9 Å². The molecular weight excluding hydrogens is 474 g/mol. The zero-order chi connectivity index (χ0) is 25.4. The number of nitrogens with one attached hydrogen (secondary N) is 3. The lowest BCUT2D eigenvalue weighted by molar-refractivity contribution is -0.143. The number of urea groups is 1. The van der Waals surface area contributed by atoms with Crippen molar-refractivity contribution in [1.29, 1.82) is 0 Å². The summed E-state index contributed by atoms with van der Waals surface area (Å²) in [6, 6.07) is 12.4. The van der Waals surface area contributed by atoms with Crippen molar-refractivity contribution in [1.82, 2.24) is 16.0 Å². The molecule has 0 aromatic heterocycles. The average molecular weight is 500 g/mol. The molecule has 0 aliphatic carbocycles. The van der Waals surface area contributed by atoms with Crippen molar-refractivity contribution in [3.8, 4) is 0 Å². The highest BCUT2D eigenvalue weighted by molar-refractivity contribution is 6.30. The number of aryl methyl sites for hydroxylation is 1. The van der Waals surface area contributed by atoms with Crippen LogP contribution in [0, 0.1) is 6.92 Å². The number of esters is 2. The van der Waals surface area contributed by atoms with Crippen molar-refractivity contribution < 1.29 is 28.7 Å². The second kappa shape index (κ2) is 12.0. The Morgan fingerprint density at radius 2 is 1.77 bits per heavy atom. The predicted molar refractivity (Wildman–Crippen MR) is 129 cm³/mol. The number of hydrogen-bond acceptors (Lipinski definition) is 6. The van der Waals surface area contributed by atoms with Crippen molar-refractivity contribution >= 4 is 35.5 Å². The van der Waals surface area contributed by atoms with E-state index < -0.39 is 24.0 Å². The summed E-state index contributed by atoms with van der Waals surface area (Å²) in [7, 11) is 0. The third-order valence-corrected chi connectivity index (χ3v) is 5.49. The van der Waals surface area contributed by atoms with Gasteiger partial charge in [-0.3, -0.25) is 9.59 Å². The van der Waals surface area contributed by atoms with Crippen LogP contribution in [0.5, 0.6) is 0 Å². The number of halogens is 1. The monoisotopic (exact) mass is 499 g/mol. The van der Waals surface area contributed by atoms with Gasteiger partial charge in [0.25, 0.3) is 5.91 Å². The second-order valence-electron chi connectivity index (χ2n) is 7.68. The molecule has 3 N–H and O–H groups in total. The predicted octanol–water partition coefficient (Wildman–Crippen LogP) is 3.18.